The van der Waals surface area contributed by atoms with E-state index in [4.69, 9.17) is 4.74 Å². The first-order valence-corrected chi connectivity index (χ1v) is 7.51. The first-order chi connectivity index (χ1) is 11.2. The van der Waals surface area contributed by atoms with Crippen LogP contribution in [0.15, 0.2) is 42.6 Å². The number of aryl methyl sites for hydroxylation is 1. The normalized spacial score (nSPS) is 19.6. The summed E-state index contributed by atoms with van der Waals surface area (Å²) in [5, 5.41) is 15.8. The number of aliphatic hydroxyl groups is 1. The number of nitrogens with zero attached hydrogens (tertiary/aromatic N) is 1. The van der Waals surface area contributed by atoms with Crippen LogP contribution in [0.5, 0.6) is 5.88 Å². The molecular formula is C17H19N3O3. The Morgan fingerprint density at radius 3 is 3.00 bits per heavy atom. The standard InChI is InChI=1S/C17H19N3O3/c1-23-15-10-12(8-9-18-15)19-17(22)20-16-13-5-3-2-4-11(13)6-7-14(16)21/h2-5,8-10,14,16,21H,6-7H2,1H3,(H2,18,19,20,22)/t14-,16+/m1/s1. The fourth-order valence-corrected chi connectivity index (χ4v) is 2.82. The Kier molecular flexibility index (Phi) is 4.43. The van der Waals surface area contributed by atoms with Gasteiger partial charge >= 0.3 is 6.03 Å². The van der Waals surface area contributed by atoms with Gasteiger partial charge in [-0.25, -0.2) is 9.78 Å². The maximum Gasteiger partial charge on any atom is 0.319 e. The van der Waals surface area contributed by atoms with Crippen LogP contribution in [-0.4, -0.2) is 29.3 Å². The summed E-state index contributed by atoms with van der Waals surface area (Å²) >= 11 is 0. The van der Waals surface area contributed by atoms with Crippen molar-refractivity contribution in [3.63, 3.8) is 0 Å². The summed E-state index contributed by atoms with van der Waals surface area (Å²) in [6.45, 7) is 0. The van der Waals surface area contributed by atoms with E-state index in [1.165, 1.54) is 7.11 Å². The van der Waals surface area contributed by atoms with E-state index in [2.05, 4.69) is 15.6 Å². The second-order valence-electron chi connectivity index (χ2n) is 5.47. The average molecular weight is 313 g/mol. The van der Waals surface area contributed by atoms with E-state index in [0.29, 0.717) is 18.0 Å². The minimum absolute atomic E-state index is 0.376. The van der Waals surface area contributed by atoms with Gasteiger partial charge in [0, 0.05) is 18.0 Å². The number of carbonyl (C=O) groups is 1. The number of aromatic nitrogens is 1. The van der Waals surface area contributed by atoms with Crippen LogP contribution in [0.25, 0.3) is 0 Å². The van der Waals surface area contributed by atoms with E-state index in [9.17, 15) is 9.90 Å². The fourth-order valence-electron chi connectivity index (χ4n) is 2.82. The molecule has 23 heavy (non-hydrogen) atoms. The topological polar surface area (TPSA) is 83.5 Å². The van der Waals surface area contributed by atoms with Crippen molar-refractivity contribution in [2.45, 2.75) is 25.0 Å². The Hall–Kier alpha value is -2.60. The van der Waals surface area contributed by atoms with E-state index in [-0.39, 0.29) is 6.03 Å². The lowest BCUT2D eigenvalue weighted by atomic mass is 9.86. The van der Waals surface area contributed by atoms with Crippen LogP contribution in [-0.2, 0) is 6.42 Å². The lowest BCUT2D eigenvalue weighted by molar-refractivity contribution is 0.115. The maximum atomic E-state index is 12.2. The van der Waals surface area contributed by atoms with Crippen LogP contribution in [0, 0.1) is 0 Å². The smallest absolute Gasteiger partial charge is 0.319 e. The Bertz CT molecular complexity index is 705. The van der Waals surface area contributed by atoms with Crippen LogP contribution in [0.2, 0.25) is 0 Å². The van der Waals surface area contributed by atoms with Gasteiger partial charge in [-0.3, -0.25) is 0 Å². The van der Waals surface area contributed by atoms with Crippen molar-refractivity contribution in [2.75, 3.05) is 12.4 Å². The zero-order chi connectivity index (χ0) is 16.2. The van der Waals surface area contributed by atoms with Gasteiger partial charge in [-0.05, 0) is 30.0 Å². The van der Waals surface area contributed by atoms with Crippen molar-refractivity contribution in [3.8, 4) is 5.88 Å². The number of methoxy groups -OCH3 is 1. The summed E-state index contributed by atoms with van der Waals surface area (Å²) in [5.41, 5.74) is 2.70. The third-order valence-corrected chi connectivity index (χ3v) is 3.97. The molecule has 1 aromatic carbocycles. The molecule has 0 bridgehead atoms. The SMILES string of the molecule is COc1cc(NC(=O)N[C@H]2c3ccccc3CC[C@H]2O)ccn1. The Morgan fingerprint density at radius 2 is 2.17 bits per heavy atom. The van der Waals surface area contributed by atoms with Gasteiger partial charge in [0.25, 0.3) is 0 Å². The molecule has 0 saturated carbocycles. The predicted octanol–water partition coefficient (Wildman–Crippen LogP) is 2.26. The second kappa shape index (κ2) is 6.66. The molecule has 1 aliphatic carbocycles. The molecule has 6 nitrogen and oxygen atoms in total. The van der Waals surface area contributed by atoms with Crippen molar-refractivity contribution in [1.29, 1.82) is 0 Å². The molecule has 0 radical (unpaired) electrons. The van der Waals surface area contributed by atoms with E-state index >= 15 is 0 Å². The summed E-state index contributed by atoms with van der Waals surface area (Å²) in [5.74, 6) is 0.422. The van der Waals surface area contributed by atoms with Gasteiger partial charge in [0.2, 0.25) is 5.88 Å². The zero-order valence-corrected chi connectivity index (χ0v) is 12.8. The third-order valence-electron chi connectivity index (χ3n) is 3.97. The molecule has 0 aliphatic heterocycles. The molecule has 2 amide bonds. The lowest BCUT2D eigenvalue weighted by Gasteiger charge is -2.31. The number of amides is 2. The Labute approximate surface area is 134 Å². The Balaban J connectivity index is 1.72. The van der Waals surface area contributed by atoms with Gasteiger partial charge in [-0.2, -0.15) is 0 Å². The molecule has 0 unspecified atom stereocenters. The average Bonchev–Trinajstić information content (AvgIpc) is 2.57. The highest BCUT2D eigenvalue weighted by molar-refractivity contribution is 5.89. The number of hydrogen-bond donors (Lipinski definition) is 3. The molecule has 120 valence electrons. The number of carbonyl (C=O) groups excluding carboxylic acids is 1. The molecule has 3 N–H and O–H groups in total. The molecule has 2 atom stereocenters. The minimum atomic E-state index is -0.595. The van der Waals surface area contributed by atoms with Crippen molar-refractivity contribution >= 4 is 11.7 Å². The van der Waals surface area contributed by atoms with Gasteiger partial charge in [0.1, 0.15) is 0 Å². The molecule has 1 aliphatic rings. The maximum absolute atomic E-state index is 12.2. The van der Waals surface area contributed by atoms with Gasteiger partial charge in [0.15, 0.2) is 0 Å². The van der Waals surface area contributed by atoms with Gasteiger partial charge < -0.3 is 20.5 Å². The van der Waals surface area contributed by atoms with Crippen LogP contribution < -0.4 is 15.4 Å². The molecule has 3 rings (SSSR count). The highest BCUT2D eigenvalue weighted by Gasteiger charge is 2.29. The van der Waals surface area contributed by atoms with Crippen LogP contribution >= 0.6 is 0 Å². The number of benzene rings is 1. The molecular weight excluding hydrogens is 294 g/mol. The highest BCUT2D eigenvalue weighted by atomic mass is 16.5. The summed E-state index contributed by atoms with van der Waals surface area (Å²) in [4.78, 5) is 16.2. The Morgan fingerprint density at radius 1 is 1.35 bits per heavy atom. The largest absolute Gasteiger partial charge is 0.481 e. The number of hydrogen-bond acceptors (Lipinski definition) is 4. The third kappa shape index (κ3) is 3.43. The van der Waals surface area contributed by atoms with Crippen molar-refractivity contribution in [2.24, 2.45) is 0 Å². The molecule has 1 aromatic heterocycles. The molecule has 1 heterocycles. The van der Waals surface area contributed by atoms with E-state index in [1.807, 2.05) is 24.3 Å². The number of nitrogens with one attached hydrogen (secondary N) is 2. The summed E-state index contributed by atoms with van der Waals surface area (Å²) in [6, 6.07) is 10.4. The van der Waals surface area contributed by atoms with E-state index in [1.54, 1.807) is 18.3 Å². The van der Waals surface area contributed by atoms with E-state index in [0.717, 1.165) is 17.5 Å². The van der Waals surface area contributed by atoms with Gasteiger partial charge in [-0.1, -0.05) is 24.3 Å². The van der Waals surface area contributed by atoms with Crippen LogP contribution in [0.1, 0.15) is 23.6 Å². The van der Waals surface area contributed by atoms with Crippen molar-refractivity contribution in [3.05, 3.63) is 53.7 Å². The predicted molar refractivity (Wildman–Crippen MR) is 86.5 cm³/mol. The first-order valence-electron chi connectivity index (χ1n) is 7.51. The zero-order valence-electron chi connectivity index (χ0n) is 12.8. The van der Waals surface area contributed by atoms with E-state index < -0.39 is 12.1 Å². The number of fused-ring (bicyclic) bond motifs is 1. The molecule has 0 spiro atoms. The number of rotatable bonds is 3. The monoisotopic (exact) mass is 313 g/mol. The first kappa shape index (κ1) is 15.3. The number of ether oxygens (including phenoxy) is 1. The number of aliphatic hydroxyl groups excluding tert-OH is 1. The highest BCUT2D eigenvalue weighted by Crippen LogP contribution is 2.30. The molecule has 6 heteroatoms. The number of urea groups is 1. The molecule has 0 saturated heterocycles. The number of pyridine rings is 1. The fraction of sp³-hybridized carbons (Fsp3) is 0.294. The van der Waals surface area contributed by atoms with Crippen LogP contribution in [0.4, 0.5) is 10.5 Å². The summed E-state index contributed by atoms with van der Waals surface area (Å²) in [6.07, 6.45) is 2.41. The van der Waals surface area contributed by atoms with Gasteiger partial charge in [0.05, 0.1) is 19.3 Å². The van der Waals surface area contributed by atoms with Gasteiger partial charge in [-0.15, -0.1) is 0 Å². The molecule has 0 fully saturated rings. The summed E-state index contributed by atoms with van der Waals surface area (Å²) in [7, 11) is 1.52. The van der Waals surface area contributed by atoms with Crippen LogP contribution in [0.3, 0.4) is 0 Å². The number of anilines is 1. The quantitative estimate of drug-likeness (QED) is 0.811. The lowest BCUT2D eigenvalue weighted by Crippen LogP contribution is -2.41. The van der Waals surface area contributed by atoms with Crippen molar-refractivity contribution in [1.82, 2.24) is 10.3 Å². The van der Waals surface area contributed by atoms with Crippen molar-refractivity contribution < 1.29 is 14.6 Å². The summed E-state index contributed by atoms with van der Waals surface area (Å²) < 4.78 is 5.03. The minimum Gasteiger partial charge on any atom is -0.481 e. The second-order valence-corrected chi connectivity index (χ2v) is 5.47. The molecule has 2 aromatic rings.